The number of nitrogens with one attached hydrogen (secondary N) is 1. The first-order valence-electron chi connectivity index (χ1n) is 5.81. The summed E-state index contributed by atoms with van der Waals surface area (Å²) < 4.78 is 5.48. The molecule has 0 spiro atoms. The van der Waals surface area contributed by atoms with Crippen molar-refractivity contribution in [3.05, 3.63) is 28.8 Å². The molecule has 0 bridgehead atoms. The van der Waals surface area contributed by atoms with Gasteiger partial charge in [0.05, 0.1) is 6.54 Å². The van der Waals surface area contributed by atoms with Gasteiger partial charge in [0.2, 0.25) is 0 Å². The molecule has 1 rings (SSSR count). The fraction of sp³-hybridized carbons (Fsp3) is 0.429. The van der Waals surface area contributed by atoms with Gasteiger partial charge in [0.1, 0.15) is 18.5 Å². The molecule has 1 aromatic rings. The molecule has 1 atom stereocenters. The van der Waals surface area contributed by atoms with Crippen molar-refractivity contribution in [3.8, 4) is 17.6 Å². The Hall–Kier alpha value is -1.21. The van der Waals surface area contributed by atoms with Gasteiger partial charge < -0.3 is 15.2 Å². The third-order valence-corrected chi connectivity index (χ3v) is 2.77. The van der Waals surface area contributed by atoms with Crippen molar-refractivity contribution in [3.63, 3.8) is 0 Å². The van der Waals surface area contributed by atoms with Crippen LogP contribution in [0.1, 0.15) is 12.5 Å². The third kappa shape index (κ3) is 5.42. The topological polar surface area (TPSA) is 41.5 Å². The molecule has 0 radical (unpaired) electrons. The van der Waals surface area contributed by atoms with Crippen LogP contribution in [0.2, 0.25) is 5.02 Å². The standard InChI is InChI=1S/C14H18ClNO2/c1-3-4-7-16-9-12(17)10-18-13-5-6-14(15)11(2)8-13/h5-6,8,12,16-17H,7,9-10H2,1-2H3. The van der Waals surface area contributed by atoms with Gasteiger partial charge in [-0.25, -0.2) is 0 Å². The minimum absolute atomic E-state index is 0.244. The quantitative estimate of drug-likeness (QED) is 0.612. The minimum atomic E-state index is -0.556. The van der Waals surface area contributed by atoms with Crippen molar-refractivity contribution in [1.82, 2.24) is 5.32 Å². The lowest BCUT2D eigenvalue weighted by atomic mass is 10.2. The SMILES string of the molecule is CC#CCNCC(O)COc1ccc(Cl)c(C)c1. The van der Waals surface area contributed by atoms with Gasteiger partial charge in [-0.05, 0) is 37.6 Å². The normalized spacial score (nSPS) is 11.6. The molecule has 3 nitrogen and oxygen atoms in total. The van der Waals surface area contributed by atoms with E-state index < -0.39 is 6.10 Å². The van der Waals surface area contributed by atoms with Crippen LogP contribution in [0.4, 0.5) is 0 Å². The van der Waals surface area contributed by atoms with E-state index in [9.17, 15) is 5.11 Å². The zero-order valence-electron chi connectivity index (χ0n) is 10.7. The van der Waals surface area contributed by atoms with Gasteiger partial charge in [-0.15, -0.1) is 5.92 Å². The van der Waals surface area contributed by atoms with E-state index in [0.29, 0.717) is 23.9 Å². The van der Waals surface area contributed by atoms with Crippen LogP contribution < -0.4 is 10.1 Å². The van der Waals surface area contributed by atoms with Crippen molar-refractivity contribution in [2.45, 2.75) is 20.0 Å². The molecule has 4 heteroatoms. The Morgan fingerprint density at radius 2 is 2.28 bits per heavy atom. The van der Waals surface area contributed by atoms with Crippen LogP contribution in [0, 0.1) is 18.8 Å². The predicted octanol–water partition coefficient (Wildman–Crippen LogP) is 2.00. The van der Waals surface area contributed by atoms with E-state index in [1.165, 1.54) is 0 Å². The molecular formula is C14H18ClNO2. The summed E-state index contributed by atoms with van der Waals surface area (Å²) in [6, 6.07) is 5.43. The molecule has 0 heterocycles. The number of aliphatic hydroxyl groups is 1. The number of halogens is 1. The molecule has 0 aliphatic rings. The van der Waals surface area contributed by atoms with Crippen LogP contribution in [-0.4, -0.2) is 30.9 Å². The zero-order valence-corrected chi connectivity index (χ0v) is 11.4. The molecular weight excluding hydrogens is 250 g/mol. The van der Waals surface area contributed by atoms with E-state index in [4.69, 9.17) is 16.3 Å². The van der Waals surface area contributed by atoms with Crippen LogP contribution >= 0.6 is 11.6 Å². The molecule has 0 amide bonds. The molecule has 98 valence electrons. The highest BCUT2D eigenvalue weighted by atomic mass is 35.5. The lowest BCUT2D eigenvalue weighted by Gasteiger charge is -2.13. The monoisotopic (exact) mass is 267 g/mol. The van der Waals surface area contributed by atoms with Crippen LogP contribution in [0.25, 0.3) is 0 Å². The second-order valence-electron chi connectivity index (χ2n) is 3.93. The van der Waals surface area contributed by atoms with Crippen LogP contribution in [0.15, 0.2) is 18.2 Å². The Kier molecular flexibility index (Phi) is 6.59. The summed E-state index contributed by atoms with van der Waals surface area (Å²) in [5, 5.41) is 13.4. The number of aliphatic hydroxyl groups excluding tert-OH is 1. The summed E-state index contributed by atoms with van der Waals surface area (Å²) in [4.78, 5) is 0. The highest BCUT2D eigenvalue weighted by Crippen LogP contribution is 2.20. The fourth-order valence-corrected chi connectivity index (χ4v) is 1.47. The first kappa shape index (κ1) is 14.8. The molecule has 1 aromatic carbocycles. The summed E-state index contributed by atoms with van der Waals surface area (Å²) >= 11 is 5.91. The Morgan fingerprint density at radius 3 is 2.94 bits per heavy atom. The summed E-state index contributed by atoms with van der Waals surface area (Å²) in [6.45, 7) is 4.98. The molecule has 1 unspecified atom stereocenters. The highest BCUT2D eigenvalue weighted by molar-refractivity contribution is 6.31. The average Bonchev–Trinajstić information content (AvgIpc) is 2.36. The van der Waals surface area contributed by atoms with E-state index in [1.54, 1.807) is 19.1 Å². The molecule has 0 saturated heterocycles. The van der Waals surface area contributed by atoms with E-state index in [-0.39, 0.29) is 6.61 Å². The van der Waals surface area contributed by atoms with Crippen molar-refractivity contribution in [2.75, 3.05) is 19.7 Å². The molecule has 0 aliphatic heterocycles. The van der Waals surface area contributed by atoms with Gasteiger partial charge in [0.15, 0.2) is 0 Å². The lowest BCUT2D eigenvalue weighted by Crippen LogP contribution is -2.31. The number of benzene rings is 1. The Morgan fingerprint density at radius 1 is 1.50 bits per heavy atom. The number of ether oxygens (including phenoxy) is 1. The maximum Gasteiger partial charge on any atom is 0.119 e. The second kappa shape index (κ2) is 7.99. The number of hydrogen-bond donors (Lipinski definition) is 2. The van der Waals surface area contributed by atoms with Crippen LogP contribution in [0.3, 0.4) is 0 Å². The zero-order chi connectivity index (χ0) is 13.4. The van der Waals surface area contributed by atoms with Gasteiger partial charge in [-0.3, -0.25) is 0 Å². The average molecular weight is 268 g/mol. The van der Waals surface area contributed by atoms with E-state index >= 15 is 0 Å². The molecule has 0 fully saturated rings. The summed E-state index contributed by atoms with van der Waals surface area (Å²) in [7, 11) is 0. The van der Waals surface area contributed by atoms with Gasteiger partial charge in [-0.1, -0.05) is 17.5 Å². The number of aryl methyl sites for hydroxylation is 1. The van der Waals surface area contributed by atoms with Gasteiger partial charge in [0, 0.05) is 11.6 Å². The van der Waals surface area contributed by atoms with Crippen molar-refractivity contribution >= 4 is 11.6 Å². The van der Waals surface area contributed by atoms with Gasteiger partial charge >= 0.3 is 0 Å². The van der Waals surface area contributed by atoms with Gasteiger partial charge in [-0.2, -0.15) is 0 Å². The first-order chi connectivity index (χ1) is 8.63. The molecule has 2 N–H and O–H groups in total. The van der Waals surface area contributed by atoms with Crippen molar-refractivity contribution < 1.29 is 9.84 Å². The lowest BCUT2D eigenvalue weighted by molar-refractivity contribution is 0.107. The summed E-state index contributed by atoms with van der Waals surface area (Å²) in [6.07, 6.45) is -0.556. The van der Waals surface area contributed by atoms with Gasteiger partial charge in [0.25, 0.3) is 0 Å². The Balaban J connectivity index is 2.30. The summed E-state index contributed by atoms with van der Waals surface area (Å²) in [5.41, 5.74) is 0.958. The van der Waals surface area contributed by atoms with E-state index in [2.05, 4.69) is 17.2 Å². The highest BCUT2D eigenvalue weighted by Gasteiger charge is 2.05. The fourth-order valence-electron chi connectivity index (χ4n) is 1.35. The van der Waals surface area contributed by atoms with Crippen LogP contribution in [0.5, 0.6) is 5.75 Å². The number of hydrogen-bond acceptors (Lipinski definition) is 3. The third-order valence-electron chi connectivity index (χ3n) is 2.34. The maximum atomic E-state index is 9.67. The Labute approximate surface area is 113 Å². The summed E-state index contributed by atoms with van der Waals surface area (Å²) in [5.74, 6) is 6.35. The second-order valence-corrected chi connectivity index (χ2v) is 4.34. The largest absolute Gasteiger partial charge is 0.491 e. The van der Waals surface area contributed by atoms with Crippen LogP contribution in [-0.2, 0) is 0 Å². The molecule has 0 aliphatic carbocycles. The Bertz CT molecular complexity index is 437. The predicted molar refractivity (Wildman–Crippen MR) is 74.0 cm³/mol. The minimum Gasteiger partial charge on any atom is -0.491 e. The molecule has 18 heavy (non-hydrogen) atoms. The van der Waals surface area contributed by atoms with E-state index in [0.717, 1.165) is 5.56 Å². The van der Waals surface area contributed by atoms with E-state index in [1.807, 2.05) is 13.0 Å². The molecule has 0 saturated carbocycles. The van der Waals surface area contributed by atoms with Crippen molar-refractivity contribution in [1.29, 1.82) is 0 Å². The van der Waals surface area contributed by atoms with Crippen molar-refractivity contribution in [2.24, 2.45) is 0 Å². The number of rotatable bonds is 6. The smallest absolute Gasteiger partial charge is 0.119 e. The molecule has 0 aromatic heterocycles. The first-order valence-corrected chi connectivity index (χ1v) is 6.18. The maximum absolute atomic E-state index is 9.67.